The second-order valence-electron chi connectivity index (χ2n) is 4.88. The van der Waals surface area contributed by atoms with Gasteiger partial charge >= 0.3 is 0 Å². The molecule has 2 aromatic carbocycles. The van der Waals surface area contributed by atoms with Crippen molar-refractivity contribution >= 4 is 11.6 Å². The van der Waals surface area contributed by atoms with Gasteiger partial charge in [-0.1, -0.05) is 18.2 Å². The second-order valence-corrected chi connectivity index (χ2v) is 4.88. The molecule has 0 aliphatic rings. The summed E-state index contributed by atoms with van der Waals surface area (Å²) >= 11 is 0. The average molecular weight is 284 g/mol. The van der Waals surface area contributed by atoms with E-state index in [-0.39, 0.29) is 5.91 Å². The van der Waals surface area contributed by atoms with Crippen molar-refractivity contribution in [2.45, 2.75) is 13.8 Å². The Balaban J connectivity index is 2.09. The number of hydrogen-bond acceptors (Lipinski definition) is 3. The summed E-state index contributed by atoms with van der Waals surface area (Å²) in [7, 11) is 0. The minimum absolute atomic E-state index is 0.0961. The third-order valence-corrected chi connectivity index (χ3v) is 3.21. The first-order chi connectivity index (χ1) is 10.1. The molecule has 0 radical (unpaired) electrons. The van der Waals surface area contributed by atoms with Gasteiger partial charge in [-0.25, -0.2) is 0 Å². The van der Waals surface area contributed by atoms with Crippen LogP contribution in [0.25, 0.3) is 0 Å². The molecule has 4 nitrogen and oxygen atoms in total. The monoisotopic (exact) mass is 284 g/mol. The molecule has 0 atom stereocenters. The van der Waals surface area contributed by atoms with Crippen molar-refractivity contribution in [2.24, 2.45) is 5.73 Å². The summed E-state index contributed by atoms with van der Waals surface area (Å²) < 4.78 is 5.40. The first kappa shape index (κ1) is 15.1. The quantitative estimate of drug-likeness (QED) is 0.887. The Morgan fingerprint density at radius 2 is 1.71 bits per heavy atom. The maximum Gasteiger partial charge on any atom is 0.256 e. The number of carbonyl (C=O) groups is 1. The Bertz CT molecular complexity index is 601. The third kappa shape index (κ3) is 3.83. The van der Waals surface area contributed by atoms with Crippen molar-refractivity contribution in [3.63, 3.8) is 0 Å². The zero-order valence-corrected chi connectivity index (χ0v) is 12.3. The van der Waals surface area contributed by atoms with Crippen LogP contribution in [0.2, 0.25) is 0 Å². The number of ether oxygens (including phenoxy) is 1. The van der Waals surface area contributed by atoms with Gasteiger partial charge in [0.15, 0.2) is 0 Å². The number of carbonyl (C=O) groups excluding carboxylic acids is 1. The summed E-state index contributed by atoms with van der Waals surface area (Å²) in [5.41, 5.74) is 8.78. The van der Waals surface area contributed by atoms with Gasteiger partial charge in [-0.2, -0.15) is 0 Å². The number of nitrogens with two attached hydrogens (primary N) is 1. The summed E-state index contributed by atoms with van der Waals surface area (Å²) in [5.74, 6) is 0.645. The minimum Gasteiger partial charge on any atom is -0.492 e. The van der Waals surface area contributed by atoms with Crippen LogP contribution in [0, 0.1) is 13.8 Å². The molecule has 0 aliphatic carbocycles. The molecule has 0 spiro atoms. The van der Waals surface area contributed by atoms with E-state index >= 15 is 0 Å². The summed E-state index contributed by atoms with van der Waals surface area (Å²) in [6, 6.07) is 13.1. The van der Waals surface area contributed by atoms with Gasteiger partial charge in [0, 0.05) is 17.8 Å². The average Bonchev–Trinajstić information content (AvgIpc) is 2.46. The third-order valence-electron chi connectivity index (χ3n) is 3.21. The zero-order valence-electron chi connectivity index (χ0n) is 12.3. The van der Waals surface area contributed by atoms with E-state index in [2.05, 4.69) is 5.32 Å². The highest BCUT2D eigenvalue weighted by atomic mass is 16.5. The number of aryl methyl sites for hydroxylation is 2. The Kier molecular flexibility index (Phi) is 4.95. The van der Waals surface area contributed by atoms with E-state index in [0.29, 0.717) is 13.2 Å². The van der Waals surface area contributed by atoms with Crippen LogP contribution in [0.5, 0.6) is 5.75 Å². The predicted octanol–water partition coefficient (Wildman–Crippen LogP) is 2.89. The molecule has 4 heteroatoms. The number of benzene rings is 2. The van der Waals surface area contributed by atoms with Crippen LogP contribution in [-0.4, -0.2) is 19.1 Å². The van der Waals surface area contributed by atoms with Crippen LogP contribution in [0.1, 0.15) is 21.5 Å². The van der Waals surface area contributed by atoms with Gasteiger partial charge < -0.3 is 15.8 Å². The van der Waals surface area contributed by atoms with Crippen LogP contribution in [0.15, 0.2) is 42.5 Å². The molecule has 0 fully saturated rings. The molecule has 2 aromatic rings. The molecule has 0 aromatic heterocycles. The highest BCUT2D eigenvalue weighted by Crippen LogP contribution is 2.18. The molecule has 2 rings (SSSR count). The van der Waals surface area contributed by atoms with Crippen LogP contribution in [-0.2, 0) is 0 Å². The van der Waals surface area contributed by atoms with Crippen molar-refractivity contribution in [3.8, 4) is 5.75 Å². The van der Waals surface area contributed by atoms with Crippen molar-refractivity contribution in [3.05, 3.63) is 59.2 Å². The normalized spacial score (nSPS) is 10.2. The fourth-order valence-corrected chi connectivity index (χ4v) is 2.18. The number of rotatable bonds is 5. The molecular formula is C17H20N2O2. The van der Waals surface area contributed by atoms with Crippen LogP contribution in [0.3, 0.4) is 0 Å². The lowest BCUT2D eigenvalue weighted by molar-refractivity contribution is 0.102. The van der Waals surface area contributed by atoms with E-state index in [0.717, 1.165) is 28.1 Å². The van der Waals surface area contributed by atoms with Crippen LogP contribution < -0.4 is 15.8 Å². The molecule has 0 bridgehead atoms. The van der Waals surface area contributed by atoms with Crippen molar-refractivity contribution in [1.29, 1.82) is 0 Å². The van der Waals surface area contributed by atoms with E-state index in [1.54, 1.807) is 0 Å². The molecular weight excluding hydrogens is 264 g/mol. The van der Waals surface area contributed by atoms with Gasteiger partial charge in [0.05, 0.1) is 0 Å². The van der Waals surface area contributed by atoms with Gasteiger partial charge in [0.25, 0.3) is 5.91 Å². The van der Waals surface area contributed by atoms with E-state index in [1.807, 2.05) is 56.3 Å². The molecule has 0 saturated heterocycles. The van der Waals surface area contributed by atoms with Gasteiger partial charge in [-0.3, -0.25) is 4.79 Å². The maximum absolute atomic E-state index is 12.4. The standard InChI is InChI=1S/C17H20N2O2/c1-12-4-3-5-13(2)16(12)17(20)19-14-6-8-15(9-7-14)21-11-10-18/h3-9H,10-11,18H2,1-2H3,(H,19,20). The largest absolute Gasteiger partial charge is 0.492 e. The SMILES string of the molecule is Cc1cccc(C)c1C(=O)Nc1ccc(OCCN)cc1. The summed E-state index contributed by atoms with van der Waals surface area (Å²) in [5, 5.41) is 2.90. The Hall–Kier alpha value is -2.33. The van der Waals surface area contributed by atoms with Crippen LogP contribution in [0.4, 0.5) is 5.69 Å². The van der Waals surface area contributed by atoms with E-state index < -0.39 is 0 Å². The maximum atomic E-state index is 12.4. The van der Waals surface area contributed by atoms with Crippen molar-refractivity contribution in [1.82, 2.24) is 0 Å². The second kappa shape index (κ2) is 6.90. The molecule has 0 heterocycles. The first-order valence-corrected chi connectivity index (χ1v) is 6.92. The van der Waals surface area contributed by atoms with Gasteiger partial charge in [0.2, 0.25) is 0 Å². The first-order valence-electron chi connectivity index (χ1n) is 6.92. The predicted molar refractivity (Wildman–Crippen MR) is 84.9 cm³/mol. The fourth-order valence-electron chi connectivity index (χ4n) is 2.18. The van der Waals surface area contributed by atoms with Gasteiger partial charge in [-0.15, -0.1) is 0 Å². The van der Waals surface area contributed by atoms with E-state index in [4.69, 9.17) is 10.5 Å². The van der Waals surface area contributed by atoms with Gasteiger partial charge in [0.1, 0.15) is 12.4 Å². The Morgan fingerprint density at radius 1 is 1.10 bits per heavy atom. The molecule has 0 aliphatic heterocycles. The van der Waals surface area contributed by atoms with Crippen LogP contribution >= 0.6 is 0 Å². The van der Waals surface area contributed by atoms with E-state index in [1.165, 1.54) is 0 Å². The lowest BCUT2D eigenvalue weighted by atomic mass is 10.0. The Labute approximate surface area is 124 Å². The highest BCUT2D eigenvalue weighted by molar-refractivity contribution is 6.06. The summed E-state index contributed by atoms with van der Waals surface area (Å²) in [4.78, 5) is 12.4. The van der Waals surface area contributed by atoms with Crippen molar-refractivity contribution in [2.75, 3.05) is 18.5 Å². The van der Waals surface area contributed by atoms with E-state index in [9.17, 15) is 4.79 Å². The molecule has 21 heavy (non-hydrogen) atoms. The molecule has 110 valence electrons. The summed E-state index contributed by atoms with van der Waals surface area (Å²) in [6.07, 6.45) is 0. The minimum atomic E-state index is -0.0961. The summed E-state index contributed by atoms with van der Waals surface area (Å²) in [6.45, 7) is 4.83. The highest BCUT2D eigenvalue weighted by Gasteiger charge is 2.11. The molecule has 0 saturated carbocycles. The van der Waals surface area contributed by atoms with Gasteiger partial charge in [-0.05, 0) is 49.2 Å². The topological polar surface area (TPSA) is 64.3 Å². The number of nitrogens with one attached hydrogen (secondary N) is 1. The Morgan fingerprint density at radius 3 is 2.29 bits per heavy atom. The number of anilines is 1. The smallest absolute Gasteiger partial charge is 0.256 e. The molecule has 0 unspecified atom stereocenters. The molecule has 1 amide bonds. The lowest BCUT2D eigenvalue weighted by Gasteiger charge is -2.11. The number of amides is 1. The zero-order chi connectivity index (χ0) is 15.2. The van der Waals surface area contributed by atoms with Crippen molar-refractivity contribution < 1.29 is 9.53 Å². The lowest BCUT2D eigenvalue weighted by Crippen LogP contribution is -2.15. The fraction of sp³-hybridized carbons (Fsp3) is 0.235. The molecule has 3 N–H and O–H groups in total. The number of hydrogen-bond donors (Lipinski definition) is 2.